The molecular formula is C18H18BrN5OS. The number of halogens is 1. The Hall–Kier alpha value is -2.03. The third-order valence-corrected chi connectivity index (χ3v) is 5.46. The van der Waals surface area contributed by atoms with E-state index in [4.69, 9.17) is 4.74 Å². The first-order valence-corrected chi connectivity index (χ1v) is 10.0. The molecule has 0 spiro atoms. The van der Waals surface area contributed by atoms with Crippen LogP contribution in [0.3, 0.4) is 0 Å². The summed E-state index contributed by atoms with van der Waals surface area (Å²) in [5.41, 5.74) is 0. The van der Waals surface area contributed by atoms with Gasteiger partial charge in [-0.25, -0.2) is 9.97 Å². The minimum Gasteiger partial charge on any atom is -0.452 e. The monoisotopic (exact) mass is 431 g/mol. The van der Waals surface area contributed by atoms with Gasteiger partial charge in [0.25, 0.3) is 0 Å². The smallest absolute Gasteiger partial charge is 0.208 e. The van der Waals surface area contributed by atoms with Crippen LogP contribution in [0.15, 0.2) is 47.1 Å². The molecule has 3 heterocycles. The third kappa shape index (κ3) is 4.03. The van der Waals surface area contributed by atoms with Crippen LogP contribution in [0.5, 0.6) is 11.5 Å². The van der Waals surface area contributed by atoms with Crippen LogP contribution in [0.2, 0.25) is 0 Å². The zero-order valence-electron chi connectivity index (χ0n) is 14.0. The fraction of sp³-hybridized carbons (Fsp3) is 0.278. The second-order valence-electron chi connectivity index (χ2n) is 5.99. The van der Waals surface area contributed by atoms with Gasteiger partial charge in [0.15, 0.2) is 11.6 Å². The van der Waals surface area contributed by atoms with E-state index < -0.39 is 0 Å². The van der Waals surface area contributed by atoms with Gasteiger partial charge in [0.1, 0.15) is 11.6 Å². The molecule has 2 N–H and O–H groups in total. The molecule has 1 aromatic carbocycles. The Morgan fingerprint density at radius 3 is 2.77 bits per heavy atom. The van der Waals surface area contributed by atoms with E-state index in [1.807, 2.05) is 36.4 Å². The predicted octanol–water partition coefficient (Wildman–Crippen LogP) is 4.70. The molecule has 4 rings (SSSR count). The number of aromatic nitrogens is 3. The van der Waals surface area contributed by atoms with Gasteiger partial charge in [-0.1, -0.05) is 18.2 Å². The van der Waals surface area contributed by atoms with Crippen molar-refractivity contribution in [2.75, 3.05) is 18.4 Å². The number of hydrogen-bond acceptors (Lipinski definition) is 7. The molecule has 1 fully saturated rings. The highest BCUT2D eigenvalue weighted by atomic mass is 79.9. The van der Waals surface area contributed by atoms with E-state index in [0.29, 0.717) is 17.5 Å². The van der Waals surface area contributed by atoms with E-state index >= 15 is 0 Å². The fourth-order valence-electron chi connectivity index (χ4n) is 2.85. The maximum atomic E-state index is 6.01. The topological polar surface area (TPSA) is 72.0 Å². The van der Waals surface area contributed by atoms with Crippen molar-refractivity contribution < 1.29 is 4.74 Å². The first-order valence-electron chi connectivity index (χ1n) is 8.48. The number of ether oxygens (including phenoxy) is 1. The Morgan fingerprint density at radius 1 is 1.15 bits per heavy atom. The molecule has 8 heteroatoms. The highest BCUT2D eigenvalue weighted by Crippen LogP contribution is 2.37. The number of nitrogens with one attached hydrogen (secondary N) is 2. The van der Waals surface area contributed by atoms with E-state index in [0.717, 1.165) is 47.1 Å². The minimum absolute atomic E-state index is 0.429. The van der Waals surface area contributed by atoms with Crippen LogP contribution < -0.4 is 15.4 Å². The third-order valence-electron chi connectivity index (χ3n) is 4.19. The van der Waals surface area contributed by atoms with Gasteiger partial charge < -0.3 is 15.4 Å². The number of hydrogen-bond donors (Lipinski definition) is 2. The van der Waals surface area contributed by atoms with Gasteiger partial charge in [-0.3, -0.25) is 0 Å². The lowest BCUT2D eigenvalue weighted by Crippen LogP contribution is -2.27. The molecule has 1 aliphatic heterocycles. The van der Waals surface area contributed by atoms with E-state index in [9.17, 15) is 0 Å². The number of rotatable bonds is 5. The number of pyridine rings is 1. The Balaban J connectivity index is 1.55. The number of benzene rings is 1. The molecule has 2 aromatic heterocycles. The molecule has 0 saturated carbocycles. The van der Waals surface area contributed by atoms with Crippen molar-refractivity contribution in [1.29, 1.82) is 0 Å². The summed E-state index contributed by atoms with van der Waals surface area (Å²) in [6.45, 7) is 2.05. The van der Waals surface area contributed by atoms with E-state index in [1.165, 1.54) is 11.5 Å². The first-order chi connectivity index (χ1) is 12.8. The molecule has 0 amide bonds. The molecule has 134 valence electrons. The van der Waals surface area contributed by atoms with Crippen molar-refractivity contribution in [3.05, 3.63) is 52.9 Å². The standard InChI is InChI=1S/C18H18BrN5OS/c19-14-8-11-21-17(15(14)25-13-4-2-1-3-5-13)23-18-22-16(24-26-18)12-6-9-20-10-7-12/h1-5,8,11-12,20H,6-7,9-10H2,(H,21,22,23,24). The SMILES string of the molecule is Brc1ccnc(Nc2nc(C3CCNCC3)ns2)c1Oc1ccccc1. The van der Waals surface area contributed by atoms with Gasteiger partial charge in [0.05, 0.1) is 4.47 Å². The van der Waals surface area contributed by atoms with Crippen LogP contribution in [0.4, 0.5) is 10.9 Å². The number of anilines is 2. The Kier molecular flexibility index (Phi) is 5.42. The van der Waals surface area contributed by atoms with Crippen molar-refractivity contribution in [3.8, 4) is 11.5 Å². The fourth-order valence-corrected chi connectivity index (χ4v) is 3.88. The van der Waals surface area contributed by atoms with Crippen molar-refractivity contribution in [1.82, 2.24) is 19.7 Å². The molecule has 0 radical (unpaired) electrons. The largest absolute Gasteiger partial charge is 0.452 e. The molecule has 0 aliphatic carbocycles. The second-order valence-corrected chi connectivity index (χ2v) is 7.60. The Bertz CT molecular complexity index is 867. The number of nitrogens with zero attached hydrogens (tertiary/aromatic N) is 3. The normalized spacial score (nSPS) is 15.0. The van der Waals surface area contributed by atoms with E-state index in [1.54, 1.807) is 6.20 Å². The lowest BCUT2D eigenvalue weighted by Gasteiger charge is -2.19. The average Bonchev–Trinajstić information content (AvgIpc) is 3.15. The summed E-state index contributed by atoms with van der Waals surface area (Å²) >= 11 is 4.90. The van der Waals surface area contributed by atoms with Gasteiger partial charge in [-0.05, 0) is 60.1 Å². The molecule has 1 saturated heterocycles. The van der Waals surface area contributed by atoms with Crippen molar-refractivity contribution >= 4 is 38.4 Å². The molecule has 0 atom stereocenters. The van der Waals surface area contributed by atoms with Crippen LogP contribution in [-0.4, -0.2) is 27.4 Å². The van der Waals surface area contributed by atoms with Crippen molar-refractivity contribution in [3.63, 3.8) is 0 Å². The Labute approximate surface area is 164 Å². The van der Waals surface area contributed by atoms with Gasteiger partial charge in [-0.15, -0.1) is 0 Å². The summed E-state index contributed by atoms with van der Waals surface area (Å²) in [5, 5.41) is 7.35. The first kappa shape index (κ1) is 17.4. The predicted molar refractivity (Wildman–Crippen MR) is 106 cm³/mol. The maximum absolute atomic E-state index is 6.01. The zero-order chi connectivity index (χ0) is 17.8. The molecule has 3 aromatic rings. The quantitative estimate of drug-likeness (QED) is 0.609. The van der Waals surface area contributed by atoms with Gasteiger partial charge in [0, 0.05) is 23.6 Å². The summed E-state index contributed by atoms with van der Waals surface area (Å²) < 4.78 is 11.4. The lowest BCUT2D eigenvalue weighted by molar-refractivity contribution is 0.448. The number of piperidine rings is 1. The van der Waals surface area contributed by atoms with E-state index in [2.05, 4.69) is 40.9 Å². The molecule has 6 nitrogen and oxygen atoms in total. The molecule has 0 unspecified atom stereocenters. The molecule has 26 heavy (non-hydrogen) atoms. The van der Waals surface area contributed by atoms with Crippen LogP contribution in [-0.2, 0) is 0 Å². The summed E-state index contributed by atoms with van der Waals surface area (Å²) in [6.07, 6.45) is 3.88. The Morgan fingerprint density at radius 2 is 1.96 bits per heavy atom. The van der Waals surface area contributed by atoms with Gasteiger partial charge >= 0.3 is 0 Å². The summed E-state index contributed by atoms with van der Waals surface area (Å²) in [6, 6.07) is 11.5. The van der Waals surface area contributed by atoms with E-state index in [-0.39, 0.29) is 0 Å². The molecule has 0 bridgehead atoms. The molecular weight excluding hydrogens is 414 g/mol. The minimum atomic E-state index is 0.429. The maximum Gasteiger partial charge on any atom is 0.208 e. The van der Waals surface area contributed by atoms with Crippen molar-refractivity contribution in [2.45, 2.75) is 18.8 Å². The highest BCUT2D eigenvalue weighted by Gasteiger charge is 2.20. The number of para-hydroxylation sites is 1. The zero-order valence-corrected chi connectivity index (χ0v) is 16.4. The van der Waals surface area contributed by atoms with Crippen LogP contribution in [0, 0.1) is 0 Å². The van der Waals surface area contributed by atoms with Crippen LogP contribution in [0.25, 0.3) is 0 Å². The molecule has 1 aliphatic rings. The summed E-state index contributed by atoms with van der Waals surface area (Å²) in [5.74, 6) is 3.32. The van der Waals surface area contributed by atoms with Gasteiger partial charge in [0.2, 0.25) is 5.13 Å². The van der Waals surface area contributed by atoms with Crippen molar-refractivity contribution in [2.24, 2.45) is 0 Å². The van der Waals surface area contributed by atoms with Crippen LogP contribution >= 0.6 is 27.5 Å². The van der Waals surface area contributed by atoms with Crippen LogP contribution in [0.1, 0.15) is 24.6 Å². The summed E-state index contributed by atoms with van der Waals surface area (Å²) in [7, 11) is 0. The summed E-state index contributed by atoms with van der Waals surface area (Å²) in [4.78, 5) is 9.08. The average molecular weight is 432 g/mol. The lowest BCUT2D eigenvalue weighted by atomic mass is 9.98. The second kappa shape index (κ2) is 8.11. The highest BCUT2D eigenvalue weighted by molar-refractivity contribution is 9.10. The van der Waals surface area contributed by atoms with Gasteiger partial charge in [-0.2, -0.15) is 4.37 Å².